The average molecular weight is 363 g/mol. The van der Waals surface area contributed by atoms with Crippen LogP contribution in [0.3, 0.4) is 0 Å². The normalized spacial score (nSPS) is 23.3. The van der Waals surface area contributed by atoms with Crippen LogP contribution < -0.4 is 10.8 Å². The van der Waals surface area contributed by atoms with Crippen molar-refractivity contribution in [3.8, 4) is 0 Å². The molecule has 2 aliphatic rings. The van der Waals surface area contributed by atoms with Crippen molar-refractivity contribution < 1.29 is 23.9 Å². The fourth-order valence-corrected chi connectivity index (χ4v) is 2.96. The Morgan fingerprint density at radius 3 is 2.88 bits per heavy atom. The van der Waals surface area contributed by atoms with E-state index in [0.717, 1.165) is 24.8 Å². The van der Waals surface area contributed by atoms with Crippen molar-refractivity contribution >= 4 is 12.0 Å². The maximum absolute atomic E-state index is 12.4. The quantitative estimate of drug-likeness (QED) is 0.764. The number of piperazine rings is 1. The molecule has 2 atom stereocenters. The molecule has 2 N–H and O–H groups in total. The van der Waals surface area contributed by atoms with Gasteiger partial charge in [0, 0.05) is 32.7 Å². The molecule has 2 heterocycles. The largest absolute Gasteiger partial charge is 0.445 e. The molecule has 2 amide bonds. The zero-order chi connectivity index (χ0) is 18.2. The van der Waals surface area contributed by atoms with Crippen molar-refractivity contribution in [2.24, 2.45) is 0 Å². The minimum atomic E-state index is -0.685. The van der Waals surface area contributed by atoms with E-state index in [1.54, 1.807) is 0 Å². The van der Waals surface area contributed by atoms with Gasteiger partial charge in [-0.15, -0.1) is 0 Å². The van der Waals surface area contributed by atoms with Gasteiger partial charge in [0.2, 0.25) is 0 Å². The molecule has 2 fully saturated rings. The lowest BCUT2D eigenvalue weighted by Gasteiger charge is -2.34. The average Bonchev–Trinajstić information content (AvgIpc) is 2.72. The van der Waals surface area contributed by atoms with Gasteiger partial charge in [-0.1, -0.05) is 30.3 Å². The number of rotatable bonds is 5. The molecule has 0 saturated carbocycles. The van der Waals surface area contributed by atoms with Crippen LogP contribution in [0, 0.1) is 0 Å². The number of hydroxylamine groups is 1. The van der Waals surface area contributed by atoms with Gasteiger partial charge in [-0.2, -0.15) is 0 Å². The number of benzene rings is 1. The van der Waals surface area contributed by atoms with Crippen LogP contribution in [0.1, 0.15) is 24.8 Å². The predicted molar refractivity (Wildman–Crippen MR) is 92.8 cm³/mol. The summed E-state index contributed by atoms with van der Waals surface area (Å²) in [6, 6.07) is 8.75. The summed E-state index contributed by atoms with van der Waals surface area (Å²) < 4.78 is 10.8. The summed E-state index contributed by atoms with van der Waals surface area (Å²) in [5.74, 6) is -0.386. The molecular weight excluding hydrogens is 338 g/mol. The number of nitrogens with one attached hydrogen (secondary N) is 2. The van der Waals surface area contributed by atoms with Gasteiger partial charge >= 0.3 is 6.09 Å². The number of carbonyl (C=O) groups is 2. The second-order valence-corrected chi connectivity index (χ2v) is 6.33. The lowest BCUT2D eigenvalue weighted by Crippen LogP contribution is -2.59. The van der Waals surface area contributed by atoms with Crippen molar-refractivity contribution in [2.75, 3.05) is 26.2 Å². The molecule has 0 aliphatic carbocycles. The number of carbonyl (C=O) groups excluding carboxylic acids is 2. The van der Waals surface area contributed by atoms with E-state index in [4.69, 9.17) is 14.3 Å². The van der Waals surface area contributed by atoms with Crippen molar-refractivity contribution in [3.05, 3.63) is 35.9 Å². The monoisotopic (exact) mass is 363 g/mol. The van der Waals surface area contributed by atoms with Gasteiger partial charge in [0.15, 0.2) is 6.29 Å². The Balaban J connectivity index is 1.50. The highest BCUT2D eigenvalue weighted by Gasteiger charge is 2.33. The summed E-state index contributed by atoms with van der Waals surface area (Å²) >= 11 is 0. The maximum Gasteiger partial charge on any atom is 0.410 e. The van der Waals surface area contributed by atoms with E-state index in [0.29, 0.717) is 26.2 Å². The number of nitrogens with zero attached hydrogens (tertiary/aromatic N) is 1. The van der Waals surface area contributed by atoms with Crippen LogP contribution in [0.4, 0.5) is 4.79 Å². The van der Waals surface area contributed by atoms with E-state index in [-0.39, 0.29) is 12.5 Å². The zero-order valence-corrected chi connectivity index (χ0v) is 14.7. The predicted octanol–water partition coefficient (Wildman–Crippen LogP) is 1.17. The summed E-state index contributed by atoms with van der Waals surface area (Å²) in [7, 11) is 0. The van der Waals surface area contributed by atoms with Crippen LogP contribution in [0.25, 0.3) is 0 Å². The molecular formula is C18H25N3O5. The summed E-state index contributed by atoms with van der Waals surface area (Å²) in [5, 5.41) is 3.12. The number of hydrogen-bond donors (Lipinski definition) is 2. The van der Waals surface area contributed by atoms with Crippen LogP contribution in [-0.2, 0) is 25.7 Å². The molecule has 26 heavy (non-hydrogen) atoms. The van der Waals surface area contributed by atoms with Crippen molar-refractivity contribution in [2.45, 2.75) is 38.2 Å². The Morgan fingerprint density at radius 2 is 2.12 bits per heavy atom. The summed E-state index contributed by atoms with van der Waals surface area (Å²) in [5.41, 5.74) is 3.33. The third-order valence-electron chi connectivity index (χ3n) is 4.41. The Hall–Kier alpha value is -2.16. The molecule has 3 rings (SSSR count). The molecule has 2 saturated heterocycles. The lowest BCUT2D eigenvalue weighted by atomic mass is 10.2. The van der Waals surface area contributed by atoms with Crippen molar-refractivity contribution in [1.82, 2.24) is 15.7 Å². The molecule has 2 unspecified atom stereocenters. The van der Waals surface area contributed by atoms with E-state index >= 15 is 0 Å². The Morgan fingerprint density at radius 1 is 1.27 bits per heavy atom. The van der Waals surface area contributed by atoms with Crippen LogP contribution in [0.2, 0.25) is 0 Å². The first-order valence-corrected chi connectivity index (χ1v) is 8.99. The fourth-order valence-electron chi connectivity index (χ4n) is 2.96. The second kappa shape index (κ2) is 9.51. The zero-order valence-electron chi connectivity index (χ0n) is 14.7. The smallest absolute Gasteiger partial charge is 0.410 e. The molecule has 142 valence electrons. The molecule has 0 spiro atoms. The van der Waals surface area contributed by atoms with E-state index in [9.17, 15) is 9.59 Å². The van der Waals surface area contributed by atoms with E-state index < -0.39 is 18.4 Å². The van der Waals surface area contributed by atoms with Crippen molar-refractivity contribution in [1.29, 1.82) is 0 Å². The third kappa shape index (κ3) is 5.17. The number of hydrogen-bond acceptors (Lipinski definition) is 6. The summed E-state index contributed by atoms with van der Waals surface area (Å²) in [6.07, 6.45) is 1.81. The van der Waals surface area contributed by atoms with Gasteiger partial charge in [0.25, 0.3) is 5.91 Å². The Bertz CT molecular complexity index is 592. The maximum atomic E-state index is 12.4. The number of ether oxygens (including phenoxy) is 2. The van der Waals surface area contributed by atoms with Gasteiger partial charge in [0.1, 0.15) is 12.6 Å². The molecule has 1 aromatic rings. The second-order valence-electron chi connectivity index (χ2n) is 6.33. The number of amides is 2. The van der Waals surface area contributed by atoms with E-state index in [1.807, 2.05) is 30.3 Å². The molecule has 8 heteroatoms. The molecule has 2 aliphatic heterocycles. The SMILES string of the molecule is O=C(NOC1CCCCO1)C1CNCCN1C(=O)OCc1ccccc1. The van der Waals surface area contributed by atoms with Gasteiger partial charge in [0.05, 0.1) is 0 Å². The van der Waals surface area contributed by atoms with E-state index in [2.05, 4.69) is 10.8 Å². The molecule has 0 bridgehead atoms. The first-order chi connectivity index (χ1) is 12.7. The fraction of sp³-hybridized carbons (Fsp3) is 0.556. The van der Waals surface area contributed by atoms with Crippen LogP contribution in [-0.4, -0.2) is 55.5 Å². The van der Waals surface area contributed by atoms with Gasteiger partial charge in [-0.3, -0.25) is 9.69 Å². The van der Waals surface area contributed by atoms with Crippen molar-refractivity contribution in [3.63, 3.8) is 0 Å². The van der Waals surface area contributed by atoms with Crippen LogP contribution in [0.15, 0.2) is 30.3 Å². The highest BCUT2D eigenvalue weighted by molar-refractivity contribution is 5.85. The third-order valence-corrected chi connectivity index (χ3v) is 4.41. The molecule has 0 radical (unpaired) electrons. The van der Waals surface area contributed by atoms with Gasteiger partial charge in [-0.05, 0) is 18.4 Å². The summed E-state index contributed by atoms with van der Waals surface area (Å²) in [4.78, 5) is 31.6. The van der Waals surface area contributed by atoms with Crippen LogP contribution >= 0.6 is 0 Å². The van der Waals surface area contributed by atoms with Gasteiger partial charge in [-0.25, -0.2) is 15.1 Å². The molecule has 0 aromatic heterocycles. The summed E-state index contributed by atoms with van der Waals surface area (Å²) in [6.45, 7) is 2.15. The Labute approximate surface area is 152 Å². The van der Waals surface area contributed by atoms with E-state index in [1.165, 1.54) is 4.90 Å². The minimum absolute atomic E-state index is 0.171. The van der Waals surface area contributed by atoms with Crippen LogP contribution in [0.5, 0.6) is 0 Å². The highest BCUT2D eigenvalue weighted by atomic mass is 16.8. The standard InChI is InChI=1S/C18H25N3O5/c22-17(20-26-16-8-4-5-11-24-16)15-12-19-9-10-21(15)18(23)25-13-14-6-2-1-3-7-14/h1-3,6-7,15-16,19H,4-5,8-13H2,(H,20,22). The Kier molecular flexibility index (Phi) is 6.82. The highest BCUT2D eigenvalue weighted by Crippen LogP contribution is 2.13. The lowest BCUT2D eigenvalue weighted by molar-refractivity contribution is -0.202. The molecule has 1 aromatic carbocycles. The first-order valence-electron chi connectivity index (χ1n) is 8.99. The van der Waals surface area contributed by atoms with Gasteiger partial charge < -0.3 is 14.8 Å². The first kappa shape index (κ1) is 18.6. The topological polar surface area (TPSA) is 89.1 Å². The molecule has 8 nitrogen and oxygen atoms in total. The minimum Gasteiger partial charge on any atom is -0.445 e.